The van der Waals surface area contributed by atoms with E-state index in [0.717, 1.165) is 42.1 Å². The van der Waals surface area contributed by atoms with Crippen LogP contribution in [-0.4, -0.2) is 40.3 Å². The summed E-state index contributed by atoms with van der Waals surface area (Å²) in [6.07, 6.45) is 4.33. The minimum absolute atomic E-state index is 0.0174. The molecule has 24 heavy (non-hydrogen) atoms. The van der Waals surface area contributed by atoms with Crippen molar-refractivity contribution >= 4 is 34.8 Å². The molecule has 1 aliphatic heterocycles. The topological polar surface area (TPSA) is 79.3 Å². The van der Waals surface area contributed by atoms with Crippen LogP contribution in [-0.2, 0) is 9.59 Å². The first-order valence-electron chi connectivity index (χ1n) is 7.93. The van der Waals surface area contributed by atoms with Gasteiger partial charge in [-0.05, 0) is 43.1 Å². The Morgan fingerprint density at radius 1 is 1.46 bits per heavy atom. The maximum absolute atomic E-state index is 10.6. The van der Waals surface area contributed by atoms with Crippen LogP contribution in [0.15, 0.2) is 36.5 Å². The Morgan fingerprint density at radius 2 is 2.25 bits per heavy atom. The van der Waals surface area contributed by atoms with Crippen molar-refractivity contribution in [1.82, 2.24) is 10.3 Å². The predicted molar refractivity (Wildman–Crippen MR) is 94.5 cm³/mol. The predicted octanol–water partition coefficient (Wildman–Crippen LogP) is 2.97. The second kappa shape index (κ2) is 8.76. The highest BCUT2D eigenvalue weighted by Crippen LogP contribution is 2.24. The highest BCUT2D eigenvalue weighted by molar-refractivity contribution is 6.28. The molecule has 128 valence electrons. The number of aromatic nitrogens is 1. The molecule has 2 unspecified atom stereocenters. The highest BCUT2D eigenvalue weighted by Gasteiger charge is 2.20. The number of benzene rings is 1. The molecule has 0 spiro atoms. The van der Waals surface area contributed by atoms with Crippen LogP contribution >= 0.6 is 11.6 Å². The van der Waals surface area contributed by atoms with Crippen LogP contribution in [0.2, 0.25) is 0 Å². The van der Waals surface area contributed by atoms with Gasteiger partial charge in [0.2, 0.25) is 0 Å². The van der Waals surface area contributed by atoms with Crippen molar-refractivity contribution < 1.29 is 14.7 Å². The van der Waals surface area contributed by atoms with Gasteiger partial charge >= 0.3 is 5.97 Å². The quantitative estimate of drug-likeness (QED) is 0.656. The number of aldehydes is 1. The summed E-state index contributed by atoms with van der Waals surface area (Å²) in [5.41, 5.74) is 2.02. The Bertz CT molecular complexity index is 701. The van der Waals surface area contributed by atoms with Gasteiger partial charge in [-0.2, -0.15) is 0 Å². The van der Waals surface area contributed by atoms with Gasteiger partial charge in [0.25, 0.3) is 0 Å². The lowest BCUT2D eigenvalue weighted by molar-refractivity contribution is -0.139. The van der Waals surface area contributed by atoms with E-state index in [1.54, 1.807) is 6.20 Å². The van der Waals surface area contributed by atoms with E-state index in [4.69, 9.17) is 16.7 Å². The fourth-order valence-corrected chi connectivity index (χ4v) is 2.72. The molecule has 0 saturated carbocycles. The molecule has 2 heterocycles. The molecule has 1 aromatic carbocycles. The number of nitrogens with zero attached hydrogens (tertiary/aromatic N) is 1. The Kier molecular flexibility index (Phi) is 6.70. The number of alkyl halides is 1. The molecule has 1 saturated heterocycles. The molecule has 1 aromatic heterocycles. The third-order valence-electron chi connectivity index (χ3n) is 4.12. The molecule has 3 rings (SSSR count). The van der Waals surface area contributed by atoms with E-state index < -0.39 is 11.3 Å². The molecule has 0 bridgehead atoms. The first-order valence-corrected chi connectivity index (χ1v) is 8.37. The highest BCUT2D eigenvalue weighted by atomic mass is 35.5. The van der Waals surface area contributed by atoms with Gasteiger partial charge in [0.05, 0.1) is 10.9 Å². The van der Waals surface area contributed by atoms with Crippen molar-refractivity contribution in [2.45, 2.75) is 37.1 Å². The van der Waals surface area contributed by atoms with Crippen molar-refractivity contribution in [2.75, 3.05) is 6.54 Å². The molecular formula is C18H21ClN2O3. The smallest absolute Gasteiger partial charge is 0.320 e. The van der Waals surface area contributed by atoms with Crippen molar-refractivity contribution in [3.63, 3.8) is 0 Å². The monoisotopic (exact) mass is 348 g/mol. The Labute approximate surface area is 146 Å². The van der Waals surface area contributed by atoms with Gasteiger partial charge in [-0.15, -0.1) is 11.6 Å². The molecule has 1 aliphatic rings. The summed E-state index contributed by atoms with van der Waals surface area (Å²) in [4.78, 5) is 25.0. The van der Waals surface area contributed by atoms with Gasteiger partial charge in [-0.1, -0.05) is 19.1 Å². The number of carbonyl (C=O) groups is 2. The number of rotatable bonds is 4. The lowest BCUT2D eigenvalue weighted by atomic mass is 9.96. The number of hydrogen-bond donors (Lipinski definition) is 2. The van der Waals surface area contributed by atoms with Gasteiger partial charge in [-0.3, -0.25) is 9.78 Å². The number of carboxylic acids is 1. The second-order valence-corrected chi connectivity index (χ2v) is 6.32. The van der Waals surface area contributed by atoms with E-state index in [-0.39, 0.29) is 12.0 Å². The van der Waals surface area contributed by atoms with E-state index in [9.17, 15) is 9.59 Å². The molecule has 2 aromatic rings. The Morgan fingerprint density at radius 3 is 2.83 bits per heavy atom. The summed E-state index contributed by atoms with van der Waals surface area (Å²) >= 11 is 5.92. The fraction of sp³-hybridized carbons (Fsp3) is 0.389. The molecule has 6 heteroatoms. The maximum Gasteiger partial charge on any atom is 0.320 e. The average Bonchev–Trinajstić information content (AvgIpc) is 3.15. The number of aliphatic carboxylic acids is 1. The zero-order valence-corrected chi connectivity index (χ0v) is 14.2. The zero-order chi connectivity index (χ0) is 17.5. The van der Waals surface area contributed by atoms with Crippen LogP contribution in [0.1, 0.15) is 31.2 Å². The summed E-state index contributed by atoms with van der Waals surface area (Å²) < 4.78 is 0. The number of hydrogen-bond acceptors (Lipinski definition) is 4. The van der Waals surface area contributed by atoms with Crippen molar-refractivity contribution in [1.29, 1.82) is 0 Å². The lowest BCUT2D eigenvalue weighted by Gasteiger charge is -2.13. The Balaban J connectivity index is 0.000000219. The van der Waals surface area contributed by atoms with Crippen LogP contribution in [0.25, 0.3) is 10.9 Å². The van der Waals surface area contributed by atoms with E-state index in [0.29, 0.717) is 0 Å². The minimum atomic E-state index is -0.720. The van der Waals surface area contributed by atoms with Crippen molar-refractivity contribution in [2.24, 2.45) is 0 Å². The molecule has 5 nitrogen and oxygen atoms in total. The SMILES string of the molecule is CC(c1ccc2ncccc2c1)C(Cl)C=O.O=C(O)[C@@H]1CCCN1. The van der Waals surface area contributed by atoms with Crippen LogP contribution < -0.4 is 5.32 Å². The molecule has 1 fully saturated rings. The lowest BCUT2D eigenvalue weighted by Crippen LogP contribution is -2.29. The largest absolute Gasteiger partial charge is 0.480 e. The maximum atomic E-state index is 10.6. The first kappa shape index (κ1) is 18.4. The van der Waals surface area contributed by atoms with Crippen LogP contribution in [0.5, 0.6) is 0 Å². The number of carboxylic acid groups (broad SMARTS) is 1. The fourth-order valence-electron chi connectivity index (χ4n) is 2.57. The summed E-state index contributed by atoms with van der Waals surface area (Å²) in [6, 6.07) is 9.59. The third-order valence-corrected chi connectivity index (χ3v) is 4.60. The normalized spacial score (nSPS) is 19.2. The van der Waals surface area contributed by atoms with E-state index in [1.807, 2.05) is 37.3 Å². The van der Waals surface area contributed by atoms with Crippen molar-refractivity contribution in [3.8, 4) is 0 Å². The van der Waals surface area contributed by atoms with Gasteiger partial charge < -0.3 is 15.2 Å². The van der Waals surface area contributed by atoms with Crippen LogP contribution in [0, 0.1) is 0 Å². The third kappa shape index (κ3) is 4.76. The van der Waals surface area contributed by atoms with Gasteiger partial charge in [-0.25, -0.2) is 0 Å². The molecule has 0 amide bonds. The first-order chi connectivity index (χ1) is 11.5. The average molecular weight is 349 g/mol. The second-order valence-electron chi connectivity index (χ2n) is 5.81. The summed E-state index contributed by atoms with van der Waals surface area (Å²) in [5, 5.41) is 11.8. The summed E-state index contributed by atoms with van der Waals surface area (Å²) in [7, 11) is 0. The number of nitrogens with one attached hydrogen (secondary N) is 1. The van der Waals surface area contributed by atoms with E-state index >= 15 is 0 Å². The summed E-state index contributed by atoms with van der Waals surface area (Å²) in [6.45, 7) is 2.81. The molecule has 0 aliphatic carbocycles. The standard InChI is InChI=1S/C13H12ClNO.C5H9NO2/c1-9(12(14)8-16)10-4-5-13-11(7-10)3-2-6-15-13;7-5(8)4-2-1-3-6-4/h2-9,12H,1H3;4,6H,1-3H2,(H,7,8)/t;4-/m.0/s1. The van der Waals surface area contributed by atoms with E-state index in [1.165, 1.54) is 0 Å². The van der Waals surface area contributed by atoms with Gasteiger partial charge in [0, 0.05) is 17.5 Å². The van der Waals surface area contributed by atoms with E-state index in [2.05, 4.69) is 10.3 Å². The minimum Gasteiger partial charge on any atom is -0.480 e. The number of fused-ring (bicyclic) bond motifs is 1. The molecule has 2 N–H and O–H groups in total. The molecule has 0 radical (unpaired) electrons. The van der Waals surface area contributed by atoms with Crippen LogP contribution in [0.4, 0.5) is 0 Å². The number of halogens is 1. The number of carbonyl (C=O) groups excluding carboxylic acids is 1. The van der Waals surface area contributed by atoms with Gasteiger partial charge in [0.1, 0.15) is 12.3 Å². The zero-order valence-electron chi connectivity index (χ0n) is 13.5. The Hall–Kier alpha value is -1.98. The van der Waals surface area contributed by atoms with Gasteiger partial charge in [0.15, 0.2) is 0 Å². The van der Waals surface area contributed by atoms with Crippen LogP contribution in [0.3, 0.4) is 0 Å². The number of pyridine rings is 1. The molecule has 3 atom stereocenters. The molecular weight excluding hydrogens is 328 g/mol. The van der Waals surface area contributed by atoms with Crippen molar-refractivity contribution in [3.05, 3.63) is 42.1 Å². The summed E-state index contributed by atoms with van der Waals surface area (Å²) in [5.74, 6) is -0.703.